The van der Waals surface area contributed by atoms with E-state index in [1.54, 1.807) is 133 Å². The fourth-order valence-corrected chi connectivity index (χ4v) is 7.45. The van der Waals surface area contributed by atoms with E-state index >= 15 is 0 Å². The molecule has 0 heterocycles. The Morgan fingerprint density at radius 3 is 1.30 bits per heavy atom. The molecule has 0 unspecified atom stereocenters. The second-order valence-electron chi connectivity index (χ2n) is 13.7. The third kappa shape index (κ3) is 6.98. The molecule has 2 amide bonds. The first-order valence-corrected chi connectivity index (χ1v) is 19.2. The maximum absolute atomic E-state index is 13.5. The van der Waals surface area contributed by atoms with Gasteiger partial charge in [0.05, 0.1) is 43.9 Å². The molecule has 1 aliphatic carbocycles. The zero-order valence-corrected chi connectivity index (χ0v) is 32.5. The van der Waals surface area contributed by atoms with E-state index in [-0.39, 0.29) is 39.8 Å². The lowest BCUT2D eigenvalue weighted by atomic mass is 10.0. The molecule has 0 fully saturated rings. The van der Waals surface area contributed by atoms with Crippen molar-refractivity contribution in [3.05, 3.63) is 178 Å². The Morgan fingerprint density at radius 1 is 0.467 bits per heavy atom. The van der Waals surface area contributed by atoms with E-state index in [0.717, 1.165) is 0 Å². The highest BCUT2D eigenvalue weighted by Gasteiger charge is 2.28. The zero-order chi connectivity index (χ0) is 41.5. The molecule has 60 heavy (non-hydrogen) atoms. The first-order valence-electron chi connectivity index (χ1n) is 18.4. The molecule has 0 spiro atoms. The van der Waals surface area contributed by atoms with Crippen LogP contribution in [0.4, 0.5) is 34.1 Å². The molecule has 1 aliphatic rings. The molecule has 8 aromatic rings. The van der Waals surface area contributed by atoms with Crippen molar-refractivity contribution in [2.24, 2.45) is 20.5 Å². The predicted molar refractivity (Wildman–Crippen MR) is 234 cm³/mol. The lowest BCUT2D eigenvalue weighted by molar-refractivity contribution is 0.101. The van der Waals surface area contributed by atoms with E-state index in [0.29, 0.717) is 76.6 Å². The Labute approximate surface area is 351 Å². The molecule has 9 rings (SSSR count). The molecule has 0 bridgehead atoms. The molecular weight excluding hydrogens is 799 g/mol. The van der Waals surface area contributed by atoms with Crippen molar-refractivity contribution in [2.75, 3.05) is 10.6 Å². The maximum atomic E-state index is 13.5. The van der Waals surface area contributed by atoms with Crippen molar-refractivity contribution in [1.29, 1.82) is 0 Å². The summed E-state index contributed by atoms with van der Waals surface area (Å²) in [5, 5.41) is 49.1. The minimum atomic E-state index is -0.585. The summed E-state index contributed by atoms with van der Waals surface area (Å²) in [5.74, 6) is -2.10. The second-order valence-corrected chi connectivity index (χ2v) is 14.6. The van der Waals surface area contributed by atoms with Gasteiger partial charge in [0.25, 0.3) is 11.8 Å². The smallest absolute Gasteiger partial charge is 0.259 e. The van der Waals surface area contributed by atoms with Gasteiger partial charge in [0.15, 0.2) is 17.3 Å². The highest BCUT2D eigenvalue weighted by molar-refractivity contribution is 6.34. The van der Waals surface area contributed by atoms with Gasteiger partial charge >= 0.3 is 0 Å². The van der Waals surface area contributed by atoms with Crippen LogP contribution in [0, 0.1) is 0 Å². The van der Waals surface area contributed by atoms with Gasteiger partial charge in [0.2, 0.25) is 0 Å². The number of phenolic OH excluding ortho intramolecular Hbond substituents is 2. The van der Waals surface area contributed by atoms with Gasteiger partial charge in [-0.25, -0.2) is 0 Å². The fourth-order valence-electron chi connectivity index (χ4n) is 7.08. The van der Waals surface area contributed by atoms with E-state index in [1.165, 1.54) is 0 Å². The number of anilines is 2. The topological polar surface area (TPSA) is 165 Å². The van der Waals surface area contributed by atoms with Crippen molar-refractivity contribution in [3.63, 3.8) is 0 Å². The van der Waals surface area contributed by atoms with Crippen LogP contribution in [-0.4, -0.2) is 27.8 Å². The van der Waals surface area contributed by atoms with Crippen LogP contribution in [0.5, 0.6) is 11.5 Å². The minimum absolute atomic E-state index is 0.0221. The van der Waals surface area contributed by atoms with E-state index in [4.69, 9.17) is 23.2 Å². The second kappa shape index (κ2) is 15.6. The Kier molecular flexibility index (Phi) is 9.81. The molecule has 11 nitrogen and oxygen atoms in total. The van der Waals surface area contributed by atoms with E-state index in [1.807, 2.05) is 12.1 Å². The maximum Gasteiger partial charge on any atom is 0.259 e. The summed E-state index contributed by atoms with van der Waals surface area (Å²) in [6.07, 6.45) is 0. The molecule has 8 aromatic carbocycles. The molecule has 0 saturated carbocycles. The van der Waals surface area contributed by atoms with Crippen LogP contribution in [-0.2, 0) is 0 Å². The summed E-state index contributed by atoms with van der Waals surface area (Å²) >= 11 is 12.5. The summed E-state index contributed by atoms with van der Waals surface area (Å²) in [6, 6.07) is 41.0. The average molecular weight is 828 g/mol. The van der Waals surface area contributed by atoms with Crippen LogP contribution in [0.25, 0.3) is 32.7 Å². The highest BCUT2D eigenvalue weighted by Crippen LogP contribution is 2.44. The Balaban J connectivity index is 1.04. The van der Waals surface area contributed by atoms with Gasteiger partial charge in [-0.3, -0.25) is 14.4 Å². The molecule has 0 radical (unpaired) electrons. The number of carbonyl (C=O) groups excluding carboxylic acids is 3. The van der Waals surface area contributed by atoms with Gasteiger partial charge in [0, 0.05) is 21.9 Å². The van der Waals surface area contributed by atoms with Gasteiger partial charge in [0.1, 0.15) is 11.4 Å². The molecule has 0 atom stereocenters. The number of nitrogens with zero attached hydrogens (tertiary/aromatic N) is 4. The van der Waals surface area contributed by atoms with Crippen LogP contribution < -0.4 is 10.6 Å². The standard InChI is InChI=1S/C47H28Cl2N6O5/c48-37-13-5-7-15-39(37)50-46(59)35-21-25-9-1-3-11-29(25)41(44(35)57)54-52-27-17-19-31-33(23-27)34-24-28(18-20-32(34)43(31)56)53-55-42-30-12-4-2-10-26(30)22-36(45(42)58)47(60)51-40-16-8-6-14-38(40)49/h1-24,57-58H,(H,50,59)(H,51,60). The SMILES string of the molecule is O=C1c2ccc(N=Nc3c(O)c(C(=O)Nc4ccccc4Cl)cc4ccccc34)cc2-c2cc(N=Nc3c(O)c(C(=O)Nc4ccccc4Cl)cc4ccccc34)ccc21. The van der Waals surface area contributed by atoms with Crippen LogP contribution >= 0.6 is 23.2 Å². The predicted octanol–water partition coefficient (Wildman–Crippen LogP) is 13.3. The monoisotopic (exact) mass is 826 g/mol. The Hall–Kier alpha value is -7.73. The average Bonchev–Trinajstić information content (AvgIpc) is 3.53. The molecule has 0 aromatic heterocycles. The van der Waals surface area contributed by atoms with Crippen molar-refractivity contribution < 1.29 is 24.6 Å². The number of para-hydroxylation sites is 2. The zero-order valence-electron chi connectivity index (χ0n) is 31.0. The Morgan fingerprint density at radius 2 is 0.867 bits per heavy atom. The van der Waals surface area contributed by atoms with E-state index in [9.17, 15) is 24.6 Å². The minimum Gasteiger partial charge on any atom is -0.505 e. The number of benzene rings is 8. The summed E-state index contributed by atoms with van der Waals surface area (Å²) < 4.78 is 0. The molecule has 290 valence electrons. The van der Waals surface area contributed by atoms with Gasteiger partial charge in [-0.05, 0) is 94.7 Å². The van der Waals surface area contributed by atoms with E-state index < -0.39 is 11.8 Å². The number of carbonyl (C=O) groups is 3. The quantitative estimate of drug-likeness (QED) is 0.112. The summed E-state index contributed by atoms with van der Waals surface area (Å²) in [5.41, 5.74) is 3.69. The third-order valence-electron chi connectivity index (χ3n) is 10.0. The van der Waals surface area contributed by atoms with Crippen molar-refractivity contribution in [3.8, 4) is 22.6 Å². The van der Waals surface area contributed by atoms with Gasteiger partial charge in [-0.15, -0.1) is 10.2 Å². The molecule has 4 N–H and O–H groups in total. The number of phenols is 2. The lowest BCUT2D eigenvalue weighted by Gasteiger charge is -2.12. The summed E-state index contributed by atoms with van der Waals surface area (Å²) in [4.78, 5) is 40.3. The number of aromatic hydroxyl groups is 2. The van der Waals surface area contributed by atoms with Crippen LogP contribution in [0.3, 0.4) is 0 Å². The number of hydrogen-bond donors (Lipinski definition) is 4. The number of nitrogens with one attached hydrogen (secondary N) is 2. The number of amides is 2. The molecule has 13 heteroatoms. The number of azo groups is 2. The summed E-state index contributed by atoms with van der Waals surface area (Å²) in [7, 11) is 0. The summed E-state index contributed by atoms with van der Waals surface area (Å²) in [6.45, 7) is 0. The van der Waals surface area contributed by atoms with Crippen molar-refractivity contribution in [2.45, 2.75) is 0 Å². The fraction of sp³-hybridized carbons (Fsp3) is 0. The molecule has 0 saturated heterocycles. The number of rotatable bonds is 8. The van der Waals surface area contributed by atoms with Gasteiger partial charge in [-0.1, -0.05) is 96.0 Å². The van der Waals surface area contributed by atoms with Gasteiger partial charge < -0.3 is 20.8 Å². The number of fused-ring (bicyclic) bond motifs is 5. The van der Waals surface area contributed by atoms with E-state index in [2.05, 4.69) is 31.1 Å². The largest absolute Gasteiger partial charge is 0.505 e. The third-order valence-corrected chi connectivity index (χ3v) is 10.7. The number of ketones is 1. The van der Waals surface area contributed by atoms with Crippen molar-refractivity contribution >= 4 is 96.5 Å². The molecule has 0 aliphatic heterocycles. The van der Waals surface area contributed by atoms with Gasteiger partial charge in [-0.2, -0.15) is 10.2 Å². The van der Waals surface area contributed by atoms with Crippen molar-refractivity contribution in [1.82, 2.24) is 0 Å². The first kappa shape index (κ1) is 37.8. The normalized spacial score (nSPS) is 12.0. The lowest BCUT2D eigenvalue weighted by Crippen LogP contribution is -2.12. The first-order chi connectivity index (χ1) is 29.1. The Bertz CT molecular complexity index is 2970. The molecular formula is C47H28Cl2N6O5. The van der Waals surface area contributed by atoms with Crippen LogP contribution in [0.2, 0.25) is 10.0 Å². The van der Waals surface area contributed by atoms with Crippen LogP contribution in [0.15, 0.2) is 166 Å². The van der Waals surface area contributed by atoms with Crippen LogP contribution in [0.1, 0.15) is 36.6 Å². The highest BCUT2D eigenvalue weighted by atomic mass is 35.5. The number of hydrogen-bond acceptors (Lipinski definition) is 9. The number of halogens is 2.